The van der Waals surface area contributed by atoms with Gasteiger partial charge in [-0.1, -0.05) is 0 Å². The maximum absolute atomic E-state index is 5.22. The molecule has 6 heteroatoms. The molecule has 5 nitrogen and oxygen atoms in total. The quantitative estimate of drug-likeness (QED) is 0.897. The van der Waals surface area contributed by atoms with Crippen LogP contribution in [0.1, 0.15) is 16.4 Å². The Balaban J connectivity index is 2.02. The van der Waals surface area contributed by atoms with Crippen molar-refractivity contribution in [2.75, 3.05) is 19.0 Å². The molecule has 1 N–H and O–H groups in total. The maximum atomic E-state index is 5.22. The van der Waals surface area contributed by atoms with E-state index >= 15 is 0 Å². The van der Waals surface area contributed by atoms with E-state index in [1.807, 2.05) is 25.4 Å². The molecule has 0 aromatic carbocycles. The lowest BCUT2D eigenvalue weighted by Gasteiger charge is -2.11. The van der Waals surface area contributed by atoms with Gasteiger partial charge in [-0.2, -0.15) is 4.98 Å². The standard InChI is InChI=1S/C12H16N4OS/c1-8-11(15-9(2)16-12(8)17-3)14-5-4-10-13-6-7-18-10/h6-7H,4-5H2,1-3H3,(H,14,15,16). The second-order valence-corrected chi connectivity index (χ2v) is 4.84. The summed E-state index contributed by atoms with van der Waals surface area (Å²) in [4.78, 5) is 12.8. The molecule has 0 saturated carbocycles. The molecule has 0 aliphatic rings. The Morgan fingerprint density at radius 3 is 2.83 bits per heavy atom. The zero-order chi connectivity index (χ0) is 13.0. The first-order chi connectivity index (χ1) is 8.70. The van der Waals surface area contributed by atoms with E-state index in [0.29, 0.717) is 11.7 Å². The van der Waals surface area contributed by atoms with Crippen molar-refractivity contribution in [1.29, 1.82) is 0 Å². The van der Waals surface area contributed by atoms with Crippen LogP contribution in [0.5, 0.6) is 5.88 Å². The van der Waals surface area contributed by atoms with E-state index in [2.05, 4.69) is 20.3 Å². The SMILES string of the molecule is COc1nc(C)nc(NCCc2nccs2)c1C. The summed E-state index contributed by atoms with van der Waals surface area (Å²) in [5, 5.41) is 6.41. The van der Waals surface area contributed by atoms with Crippen LogP contribution in [-0.4, -0.2) is 28.6 Å². The van der Waals surface area contributed by atoms with E-state index in [0.717, 1.165) is 29.4 Å². The molecule has 0 bridgehead atoms. The predicted molar refractivity (Wildman–Crippen MR) is 72.4 cm³/mol. The van der Waals surface area contributed by atoms with Crippen LogP contribution in [0.2, 0.25) is 0 Å². The highest BCUT2D eigenvalue weighted by molar-refractivity contribution is 7.09. The molecule has 18 heavy (non-hydrogen) atoms. The van der Waals surface area contributed by atoms with Gasteiger partial charge in [-0.05, 0) is 13.8 Å². The van der Waals surface area contributed by atoms with Gasteiger partial charge in [0.1, 0.15) is 11.6 Å². The Kier molecular flexibility index (Phi) is 4.09. The number of nitrogens with zero attached hydrogens (tertiary/aromatic N) is 3. The van der Waals surface area contributed by atoms with Crippen LogP contribution in [0.15, 0.2) is 11.6 Å². The van der Waals surface area contributed by atoms with Crippen molar-refractivity contribution >= 4 is 17.2 Å². The third kappa shape index (κ3) is 2.95. The lowest BCUT2D eigenvalue weighted by molar-refractivity contribution is 0.392. The number of ether oxygens (including phenoxy) is 1. The number of rotatable bonds is 5. The smallest absolute Gasteiger partial charge is 0.221 e. The molecule has 2 aromatic heterocycles. The topological polar surface area (TPSA) is 59.9 Å². The molecule has 2 heterocycles. The van der Waals surface area contributed by atoms with Crippen molar-refractivity contribution in [3.63, 3.8) is 0 Å². The van der Waals surface area contributed by atoms with Crippen LogP contribution in [-0.2, 0) is 6.42 Å². The summed E-state index contributed by atoms with van der Waals surface area (Å²) in [6.45, 7) is 4.60. The van der Waals surface area contributed by atoms with Crippen molar-refractivity contribution in [2.45, 2.75) is 20.3 Å². The molecular formula is C12H16N4OS. The van der Waals surface area contributed by atoms with Gasteiger partial charge >= 0.3 is 0 Å². The summed E-state index contributed by atoms with van der Waals surface area (Å²) in [5.41, 5.74) is 0.933. The number of hydrogen-bond acceptors (Lipinski definition) is 6. The third-order valence-corrected chi connectivity index (χ3v) is 3.36. The highest BCUT2D eigenvalue weighted by Crippen LogP contribution is 2.21. The fraction of sp³-hybridized carbons (Fsp3) is 0.417. The molecule has 0 fully saturated rings. The minimum absolute atomic E-state index is 0.624. The summed E-state index contributed by atoms with van der Waals surface area (Å²) in [7, 11) is 1.62. The van der Waals surface area contributed by atoms with Gasteiger partial charge < -0.3 is 10.1 Å². The Hall–Kier alpha value is -1.69. The van der Waals surface area contributed by atoms with Gasteiger partial charge in [-0.3, -0.25) is 0 Å². The predicted octanol–water partition coefficient (Wildman–Crippen LogP) is 2.21. The van der Waals surface area contributed by atoms with Crippen LogP contribution in [0.4, 0.5) is 5.82 Å². The summed E-state index contributed by atoms with van der Waals surface area (Å²) in [6, 6.07) is 0. The highest BCUT2D eigenvalue weighted by Gasteiger charge is 2.09. The fourth-order valence-corrected chi connectivity index (χ4v) is 2.26. The van der Waals surface area contributed by atoms with Gasteiger partial charge in [-0.25, -0.2) is 9.97 Å². The van der Waals surface area contributed by atoms with Gasteiger partial charge in [0.05, 0.1) is 17.7 Å². The molecule has 0 unspecified atom stereocenters. The number of aromatic nitrogens is 3. The van der Waals surface area contributed by atoms with Crippen LogP contribution in [0.3, 0.4) is 0 Å². The largest absolute Gasteiger partial charge is 0.481 e. The monoisotopic (exact) mass is 264 g/mol. The van der Waals surface area contributed by atoms with Crippen LogP contribution < -0.4 is 10.1 Å². The van der Waals surface area contributed by atoms with E-state index in [1.54, 1.807) is 18.4 Å². The Labute approximate surface area is 110 Å². The summed E-state index contributed by atoms with van der Waals surface area (Å²) in [5.74, 6) is 2.16. The molecule has 0 aliphatic heterocycles. The fourth-order valence-electron chi connectivity index (χ4n) is 1.64. The van der Waals surface area contributed by atoms with E-state index in [9.17, 15) is 0 Å². The Morgan fingerprint density at radius 1 is 1.33 bits per heavy atom. The Morgan fingerprint density at radius 2 is 2.17 bits per heavy atom. The number of nitrogens with one attached hydrogen (secondary N) is 1. The first-order valence-corrected chi connectivity index (χ1v) is 6.60. The number of anilines is 1. The molecule has 0 amide bonds. The van der Waals surface area contributed by atoms with Crippen LogP contribution in [0, 0.1) is 13.8 Å². The molecule has 0 saturated heterocycles. The molecule has 0 radical (unpaired) electrons. The van der Waals surface area contributed by atoms with Crippen molar-refractivity contribution in [3.8, 4) is 5.88 Å². The summed E-state index contributed by atoms with van der Waals surface area (Å²) < 4.78 is 5.22. The zero-order valence-corrected chi connectivity index (χ0v) is 11.5. The van der Waals surface area contributed by atoms with Gasteiger partial charge in [0.2, 0.25) is 5.88 Å². The first kappa shape index (κ1) is 12.8. The zero-order valence-electron chi connectivity index (χ0n) is 10.7. The number of hydrogen-bond donors (Lipinski definition) is 1. The van der Waals surface area contributed by atoms with Crippen LogP contribution in [0.25, 0.3) is 0 Å². The molecule has 96 valence electrons. The van der Waals surface area contributed by atoms with Crippen molar-refractivity contribution in [1.82, 2.24) is 15.0 Å². The van der Waals surface area contributed by atoms with Gasteiger partial charge in [0, 0.05) is 24.5 Å². The average molecular weight is 264 g/mol. The molecular weight excluding hydrogens is 248 g/mol. The Bertz CT molecular complexity index is 513. The van der Waals surface area contributed by atoms with Crippen molar-refractivity contribution in [3.05, 3.63) is 28.0 Å². The van der Waals surface area contributed by atoms with E-state index < -0.39 is 0 Å². The van der Waals surface area contributed by atoms with Crippen molar-refractivity contribution < 1.29 is 4.74 Å². The second kappa shape index (κ2) is 5.77. The minimum Gasteiger partial charge on any atom is -0.481 e. The van der Waals surface area contributed by atoms with E-state index in [-0.39, 0.29) is 0 Å². The maximum Gasteiger partial charge on any atom is 0.221 e. The summed E-state index contributed by atoms with van der Waals surface area (Å²) >= 11 is 1.66. The average Bonchev–Trinajstić information content (AvgIpc) is 2.86. The number of aryl methyl sites for hydroxylation is 1. The van der Waals surface area contributed by atoms with Gasteiger partial charge in [0.15, 0.2) is 0 Å². The van der Waals surface area contributed by atoms with Crippen LogP contribution >= 0.6 is 11.3 Å². The molecule has 2 rings (SSSR count). The van der Waals surface area contributed by atoms with E-state index in [4.69, 9.17) is 4.74 Å². The number of thiazole rings is 1. The van der Waals surface area contributed by atoms with Gasteiger partial charge in [0.25, 0.3) is 0 Å². The molecule has 0 spiro atoms. The third-order valence-electron chi connectivity index (χ3n) is 2.52. The van der Waals surface area contributed by atoms with Gasteiger partial charge in [-0.15, -0.1) is 11.3 Å². The molecule has 2 aromatic rings. The molecule has 0 atom stereocenters. The second-order valence-electron chi connectivity index (χ2n) is 3.86. The highest BCUT2D eigenvalue weighted by atomic mass is 32.1. The van der Waals surface area contributed by atoms with E-state index in [1.165, 1.54) is 0 Å². The summed E-state index contributed by atoms with van der Waals surface area (Å²) in [6.07, 6.45) is 2.71. The van der Waals surface area contributed by atoms with Crippen molar-refractivity contribution in [2.24, 2.45) is 0 Å². The minimum atomic E-state index is 0.624. The molecule has 0 aliphatic carbocycles. The lowest BCUT2D eigenvalue weighted by atomic mass is 10.3. The number of methoxy groups -OCH3 is 1. The normalized spacial score (nSPS) is 10.4. The first-order valence-electron chi connectivity index (χ1n) is 5.72. The lowest BCUT2D eigenvalue weighted by Crippen LogP contribution is -2.10.